The topological polar surface area (TPSA) is 37.8 Å². The van der Waals surface area contributed by atoms with Gasteiger partial charge in [-0.1, -0.05) is 19.3 Å². The summed E-state index contributed by atoms with van der Waals surface area (Å²) in [5, 5.41) is 3.68. The van der Waals surface area contributed by atoms with Crippen molar-refractivity contribution in [3.05, 3.63) is 24.3 Å². The second-order valence-electron chi connectivity index (χ2n) is 6.81. The molecule has 106 valence electrons. The summed E-state index contributed by atoms with van der Waals surface area (Å²) in [4.78, 5) is 8.40. The van der Waals surface area contributed by atoms with E-state index in [2.05, 4.69) is 36.1 Å². The van der Waals surface area contributed by atoms with Gasteiger partial charge in [-0.15, -0.1) is 0 Å². The maximum absolute atomic E-state index is 4.20. The lowest BCUT2D eigenvalue weighted by molar-refractivity contribution is 0.321. The van der Waals surface area contributed by atoms with Crippen molar-refractivity contribution in [1.29, 1.82) is 0 Å². The number of hydrogen-bond acceptors (Lipinski definition) is 3. The van der Waals surface area contributed by atoms with Crippen LogP contribution < -0.4 is 5.32 Å². The lowest BCUT2D eigenvalue weighted by atomic mass is 9.83. The summed E-state index contributed by atoms with van der Waals surface area (Å²) in [6.07, 6.45) is 12.3. The SMILES string of the molecule is CC(C)(C)NCC1CCCCCC1c1cncnc1. The Hall–Kier alpha value is -0.960. The molecule has 0 saturated heterocycles. The van der Waals surface area contributed by atoms with Gasteiger partial charge in [-0.3, -0.25) is 0 Å². The van der Waals surface area contributed by atoms with Crippen LogP contribution in [0.4, 0.5) is 0 Å². The fraction of sp³-hybridized carbons (Fsp3) is 0.750. The van der Waals surface area contributed by atoms with Gasteiger partial charge in [0.05, 0.1) is 0 Å². The molecule has 3 heteroatoms. The largest absolute Gasteiger partial charge is 0.312 e. The van der Waals surface area contributed by atoms with Gasteiger partial charge in [0, 0.05) is 17.9 Å². The molecule has 1 aromatic heterocycles. The normalized spacial score (nSPS) is 25.0. The molecular weight excluding hydrogens is 234 g/mol. The van der Waals surface area contributed by atoms with Crippen molar-refractivity contribution in [2.75, 3.05) is 6.54 Å². The number of nitrogens with zero attached hydrogens (tertiary/aromatic N) is 2. The Labute approximate surface area is 117 Å². The van der Waals surface area contributed by atoms with Crippen molar-refractivity contribution in [3.63, 3.8) is 0 Å². The van der Waals surface area contributed by atoms with E-state index in [4.69, 9.17) is 0 Å². The van der Waals surface area contributed by atoms with Gasteiger partial charge in [0.2, 0.25) is 0 Å². The predicted molar refractivity (Wildman–Crippen MR) is 79.1 cm³/mol. The highest BCUT2D eigenvalue weighted by molar-refractivity contribution is 5.12. The molecule has 1 heterocycles. The van der Waals surface area contributed by atoms with E-state index in [1.165, 1.54) is 37.7 Å². The van der Waals surface area contributed by atoms with Crippen molar-refractivity contribution >= 4 is 0 Å². The number of hydrogen-bond donors (Lipinski definition) is 1. The van der Waals surface area contributed by atoms with Crippen LogP contribution in [0.15, 0.2) is 18.7 Å². The van der Waals surface area contributed by atoms with E-state index >= 15 is 0 Å². The minimum Gasteiger partial charge on any atom is -0.312 e. The van der Waals surface area contributed by atoms with E-state index in [0.717, 1.165) is 6.54 Å². The maximum atomic E-state index is 4.20. The molecule has 1 fully saturated rings. The summed E-state index contributed by atoms with van der Waals surface area (Å²) in [7, 11) is 0. The highest BCUT2D eigenvalue weighted by Gasteiger charge is 2.26. The predicted octanol–water partition coefficient (Wildman–Crippen LogP) is 3.53. The molecule has 1 saturated carbocycles. The third-order valence-electron chi connectivity index (χ3n) is 4.06. The average molecular weight is 261 g/mol. The summed E-state index contributed by atoms with van der Waals surface area (Å²) in [6, 6.07) is 0. The summed E-state index contributed by atoms with van der Waals surface area (Å²) in [5.41, 5.74) is 1.52. The molecule has 0 spiro atoms. The Morgan fingerprint density at radius 2 is 1.79 bits per heavy atom. The van der Waals surface area contributed by atoms with Crippen molar-refractivity contribution in [3.8, 4) is 0 Å². The summed E-state index contributed by atoms with van der Waals surface area (Å²) < 4.78 is 0. The molecule has 1 aliphatic rings. The molecule has 3 nitrogen and oxygen atoms in total. The van der Waals surface area contributed by atoms with Gasteiger partial charge < -0.3 is 5.32 Å². The quantitative estimate of drug-likeness (QED) is 0.846. The number of nitrogens with one attached hydrogen (secondary N) is 1. The van der Waals surface area contributed by atoms with E-state index in [0.29, 0.717) is 11.8 Å². The van der Waals surface area contributed by atoms with Crippen molar-refractivity contribution in [2.24, 2.45) is 5.92 Å². The third-order valence-corrected chi connectivity index (χ3v) is 4.06. The van der Waals surface area contributed by atoms with Crippen LogP contribution in [-0.2, 0) is 0 Å². The fourth-order valence-electron chi connectivity index (χ4n) is 3.01. The first-order valence-corrected chi connectivity index (χ1v) is 7.56. The van der Waals surface area contributed by atoms with E-state index in [9.17, 15) is 0 Å². The van der Waals surface area contributed by atoms with E-state index in [-0.39, 0.29) is 5.54 Å². The fourth-order valence-corrected chi connectivity index (χ4v) is 3.01. The second-order valence-corrected chi connectivity index (χ2v) is 6.81. The standard InChI is InChI=1S/C16H27N3/c1-16(2,3)19-11-13-7-5-4-6-8-15(13)14-9-17-12-18-10-14/h9-10,12-13,15,19H,4-8,11H2,1-3H3. The Balaban J connectivity index is 2.07. The molecule has 0 aromatic carbocycles. The van der Waals surface area contributed by atoms with Gasteiger partial charge in [-0.25, -0.2) is 9.97 Å². The van der Waals surface area contributed by atoms with Crippen LogP contribution in [0, 0.1) is 5.92 Å². The third kappa shape index (κ3) is 4.57. The monoisotopic (exact) mass is 261 g/mol. The molecule has 19 heavy (non-hydrogen) atoms. The van der Waals surface area contributed by atoms with Crippen LogP contribution in [0.1, 0.15) is 64.4 Å². The van der Waals surface area contributed by atoms with Gasteiger partial charge in [0.1, 0.15) is 6.33 Å². The zero-order chi connectivity index (χ0) is 13.7. The van der Waals surface area contributed by atoms with Gasteiger partial charge in [-0.05, 0) is 57.6 Å². The highest BCUT2D eigenvalue weighted by Crippen LogP contribution is 2.35. The molecular formula is C16H27N3. The van der Waals surface area contributed by atoms with Gasteiger partial charge in [0.15, 0.2) is 0 Å². The zero-order valence-electron chi connectivity index (χ0n) is 12.5. The van der Waals surface area contributed by atoms with Gasteiger partial charge >= 0.3 is 0 Å². The highest BCUT2D eigenvalue weighted by atomic mass is 14.9. The summed E-state index contributed by atoms with van der Waals surface area (Å²) in [5.74, 6) is 1.34. The van der Waals surface area contributed by atoms with Crippen molar-refractivity contribution < 1.29 is 0 Å². The Morgan fingerprint density at radius 1 is 1.11 bits per heavy atom. The van der Waals surface area contributed by atoms with E-state index in [1.54, 1.807) is 6.33 Å². The minimum atomic E-state index is 0.198. The molecule has 1 aromatic rings. The lowest BCUT2D eigenvalue weighted by Crippen LogP contribution is -2.40. The Bertz CT molecular complexity index is 369. The van der Waals surface area contributed by atoms with E-state index in [1.807, 2.05) is 12.4 Å². The molecule has 0 radical (unpaired) electrons. The average Bonchev–Trinajstić information content (AvgIpc) is 2.62. The maximum Gasteiger partial charge on any atom is 0.115 e. The molecule has 2 unspecified atom stereocenters. The molecule has 2 rings (SSSR count). The van der Waals surface area contributed by atoms with Crippen LogP contribution in [0.25, 0.3) is 0 Å². The van der Waals surface area contributed by atoms with Crippen LogP contribution >= 0.6 is 0 Å². The zero-order valence-corrected chi connectivity index (χ0v) is 12.5. The molecule has 1 aliphatic carbocycles. The first-order valence-electron chi connectivity index (χ1n) is 7.56. The summed E-state index contributed by atoms with van der Waals surface area (Å²) in [6.45, 7) is 7.82. The van der Waals surface area contributed by atoms with Gasteiger partial charge in [0.25, 0.3) is 0 Å². The smallest absolute Gasteiger partial charge is 0.115 e. The van der Waals surface area contributed by atoms with Crippen LogP contribution in [0.2, 0.25) is 0 Å². The molecule has 0 bridgehead atoms. The first kappa shape index (κ1) is 14.4. The van der Waals surface area contributed by atoms with Crippen LogP contribution in [0.5, 0.6) is 0 Å². The Morgan fingerprint density at radius 3 is 2.47 bits per heavy atom. The van der Waals surface area contributed by atoms with Crippen molar-refractivity contribution in [1.82, 2.24) is 15.3 Å². The lowest BCUT2D eigenvalue weighted by Gasteiger charge is -2.29. The van der Waals surface area contributed by atoms with E-state index < -0.39 is 0 Å². The van der Waals surface area contributed by atoms with Crippen molar-refractivity contribution in [2.45, 2.75) is 64.3 Å². The molecule has 0 amide bonds. The Kier molecular flexibility index (Phi) is 4.92. The first-order chi connectivity index (χ1) is 9.06. The summed E-state index contributed by atoms with van der Waals surface area (Å²) >= 11 is 0. The molecule has 2 atom stereocenters. The van der Waals surface area contributed by atoms with Crippen LogP contribution in [-0.4, -0.2) is 22.1 Å². The minimum absolute atomic E-state index is 0.198. The molecule has 0 aliphatic heterocycles. The number of aromatic nitrogens is 2. The number of rotatable bonds is 3. The molecule has 1 N–H and O–H groups in total. The van der Waals surface area contributed by atoms with Crippen LogP contribution in [0.3, 0.4) is 0 Å². The second kappa shape index (κ2) is 6.47. The van der Waals surface area contributed by atoms with Gasteiger partial charge in [-0.2, -0.15) is 0 Å².